The molecule has 2 aromatic carbocycles. The van der Waals surface area contributed by atoms with Crippen LogP contribution in [0.1, 0.15) is 22.6 Å². The van der Waals surface area contributed by atoms with E-state index in [1.54, 1.807) is 0 Å². The van der Waals surface area contributed by atoms with Crippen molar-refractivity contribution in [2.45, 2.75) is 12.3 Å². The van der Waals surface area contributed by atoms with Gasteiger partial charge in [-0.3, -0.25) is 9.79 Å². The summed E-state index contributed by atoms with van der Waals surface area (Å²) >= 11 is 0. The number of hydrogen-bond acceptors (Lipinski definition) is 2. The summed E-state index contributed by atoms with van der Waals surface area (Å²) in [7, 11) is 0. The Kier molecular flexibility index (Phi) is 3.33. The van der Waals surface area contributed by atoms with Crippen molar-refractivity contribution in [3.8, 4) is 0 Å². The number of rotatable bonds is 3. The van der Waals surface area contributed by atoms with E-state index in [0.717, 1.165) is 23.3 Å². The standard InChI is InChI=1S/C17H16N2O/c18-17(20)15(13-7-2-1-3-8-13)16-14-9-5-4-6-12(14)10-11-19-16/h1-9,15H,10-11H2,(H2,18,20). The molecule has 2 N–H and O–H groups in total. The van der Waals surface area contributed by atoms with Gasteiger partial charge in [0, 0.05) is 6.54 Å². The molecular formula is C17H16N2O. The first-order valence-corrected chi connectivity index (χ1v) is 6.74. The Bertz CT molecular complexity index is 662. The monoisotopic (exact) mass is 264 g/mol. The number of fused-ring (bicyclic) bond motifs is 1. The highest BCUT2D eigenvalue weighted by Gasteiger charge is 2.28. The zero-order chi connectivity index (χ0) is 13.9. The Hall–Kier alpha value is -2.42. The molecule has 1 atom stereocenters. The summed E-state index contributed by atoms with van der Waals surface area (Å²) in [6, 6.07) is 17.7. The number of aliphatic imine (C=N–C) groups is 1. The number of amides is 1. The zero-order valence-corrected chi connectivity index (χ0v) is 11.1. The second-order valence-electron chi connectivity index (χ2n) is 4.92. The van der Waals surface area contributed by atoms with Crippen LogP contribution in [0.5, 0.6) is 0 Å². The third-order valence-electron chi connectivity index (χ3n) is 3.65. The summed E-state index contributed by atoms with van der Waals surface area (Å²) in [6.07, 6.45) is 0.917. The van der Waals surface area contributed by atoms with Gasteiger partial charge in [-0.15, -0.1) is 0 Å². The number of hydrogen-bond donors (Lipinski definition) is 1. The third-order valence-corrected chi connectivity index (χ3v) is 3.65. The van der Waals surface area contributed by atoms with Crippen LogP contribution in [0.15, 0.2) is 59.6 Å². The van der Waals surface area contributed by atoms with Crippen LogP contribution in [0.3, 0.4) is 0 Å². The lowest BCUT2D eigenvalue weighted by molar-refractivity contribution is -0.118. The van der Waals surface area contributed by atoms with Crippen LogP contribution in [0.2, 0.25) is 0 Å². The van der Waals surface area contributed by atoms with E-state index in [1.807, 2.05) is 48.5 Å². The molecule has 0 aromatic heterocycles. The van der Waals surface area contributed by atoms with Gasteiger partial charge in [0.15, 0.2) is 0 Å². The fraction of sp³-hybridized carbons (Fsp3) is 0.176. The summed E-state index contributed by atoms with van der Waals surface area (Å²) < 4.78 is 0. The van der Waals surface area contributed by atoms with Crippen LogP contribution in [0, 0.1) is 0 Å². The molecule has 1 aliphatic heterocycles. The highest BCUT2D eigenvalue weighted by Crippen LogP contribution is 2.26. The van der Waals surface area contributed by atoms with Crippen molar-refractivity contribution in [3.05, 3.63) is 71.3 Å². The van der Waals surface area contributed by atoms with Crippen LogP contribution >= 0.6 is 0 Å². The lowest BCUT2D eigenvalue weighted by atomic mass is 9.85. The van der Waals surface area contributed by atoms with Crippen molar-refractivity contribution in [2.24, 2.45) is 10.7 Å². The zero-order valence-electron chi connectivity index (χ0n) is 11.1. The molecule has 0 spiro atoms. The van der Waals surface area contributed by atoms with E-state index in [0.29, 0.717) is 6.54 Å². The predicted molar refractivity (Wildman–Crippen MR) is 79.9 cm³/mol. The first kappa shape index (κ1) is 12.6. The molecule has 3 heteroatoms. The first-order valence-electron chi connectivity index (χ1n) is 6.74. The van der Waals surface area contributed by atoms with E-state index >= 15 is 0 Å². The maximum absolute atomic E-state index is 12.0. The van der Waals surface area contributed by atoms with Crippen LogP contribution in [-0.2, 0) is 11.2 Å². The summed E-state index contributed by atoms with van der Waals surface area (Å²) in [4.78, 5) is 16.5. The molecule has 3 nitrogen and oxygen atoms in total. The van der Waals surface area contributed by atoms with Gasteiger partial charge >= 0.3 is 0 Å². The minimum absolute atomic E-state index is 0.355. The number of carbonyl (C=O) groups is 1. The minimum Gasteiger partial charge on any atom is -0.369 e. The molecule has 0 bridgehead atoms. The Labute approximate surface area is 118 Å². The quantitative estimate of drug-likeness (QED) is 0.908. The predicted octanol–water partition coefficient (Wildman–Crippen LogP) is 2.30. The van der Waals surface area contributed by atoms with Gasteiger partial charge in [-0.25, -0.2) is 0 Å². The van der Waals surface area contributed by atoms with E-state index in [9.17, 15) is 4.79 Å². The maximum atomic E-state index is 12.0. The number of nitrogens with two attached hydrogens (primary N) is 1. The fourth-order valence-corrected chi connectivity index (χ4v) is 2.72. The smallest absolute Gasteiger partial charge is 0.231 e. The van der Waals surface area contributed by atoms with E-state index in [2.05, 4.69) is 11.1 Å². The molecular weight excluding hydrogens is 248 g/mol. The van der Waals surface area contributed by atoms with Crippen molar-refractivity contribution in [1.82, 2.24) is 0 Å². The largest absolute Gasteiger partial charge is 0.369 e. The molecule has 3 rings (SSSR count). The molecule has 1 unspecified atom stereocenters. The van der Waals surface area contributed by atoms with Crippen molar-refractivity contribution in [2.75, 3.05) is 6.54 Å². The Morgan fingerprint density at radius 1 is 1.05 bits per heavy atom. The van der Waals surface area contributed by atoms with E-state index in [-0.39, 0.29) is 5.91 Å². The molecule has 0 radical (unpaired) electrons. The number of nitrogens with zero attached hydrogens (tertiary/aromatic N) is 1. The third kappa shape index (κ3) is 2.23. The minimum atomic E-state index is -0.474. The summed E-state index contributed by atoms with van der Waals surface area (Å²) in [5.74, 6) is -0.829. The van der Waals surface area contributed by atoms with Crippen LogP contribution in [-0.4, -0.2) is 18.2 Å². The van der Waals surface area contributed by atoms with Crippen LogP contribution in [0.4, 0.5) is 0 Å². The van der Waals surface area contributed by atoms with Gasteiger partial charge in [-0.05, 0) is 23.1 Å². The molecule has 1 heterocycles. The van der Waals surface area contributed by atoms with Crippen molar-refractivity contribution < 1.29 is 4.79 Å². The molecule has 1 aliphatic rings. The molecule has 20 heavy (non-hydrogen) atoms. The maximum Gasteiger partial charge on any atom is 0.231 e. The van der Waals surface area contributed by atoms with Gasteiger partial charge in [-0.2, -0.15) is 0 Å². The summed E-state index contributed by atoms with van der Waals surface area (Å²) in [5, 5.41) is 0. The Morgan fingerprint density at radius 3 is 2.50 bits per heavy atom. The second kappa shape index (κ2) is 5.29. The van der Waals surface area contributed by atoms with Crippen LogP contribution < -0.4 is 5.73 Å². The van der Waals surface area contributed by atoms with Crippen molar-refractivity contribution in [1.29, 1.82) is 0 Å². The SMILES string of the molecule is NC(=O)C(C1=NCCc2ccccc21)c1ccccc1. The lowest BCUT2D eigenvalue weighted by Crippen LogP contribution is -2.31. The molecule has 0 aliphatic carbocycles. The normalized spacial score (nSPS) is 15.1. The highest BCUT2D eigenvalue weighted by atomic mass is 16.1. The van der Waals surface area contributed by atoms with Gasteiger partial charge in [0.1, 0.15) is 5.92 Å². The van der Waals surface area contributed by atoms with Crippen molar-refractivity contribution in [3.63, 3.8) is 0 Å². The molecule has 100 valence electrons. The van der Waals surface area contributed by atoms with Gasteiger partial charge in [0.25, 0.3) is 0 Å². The van der Waals surface area contributed by atoms with Gasteiger partial charge < -0.3 is 5.73 Å². The van der Waals surface area contributed by atoms with Crippen molar-refractivity contribution >= 4 is 11.6 Å². The Balaban J connectivity index is 2.10. The van der Waals surface area contributed by atoms with Gasteiger partial charge in [0.05, 0.1) is 5.71 Å². The highest BCUT2D eigenvalue weighted by molar-refractivity contribution is 6.17. The average Bonchev–Trinajstić information content (AvgIpc) is 2.48. The Morgan fingerprint density at radius 2 is 1.75 bits per heavy atom. The average molecular weight is 264 g/mol. The van der Waals surface area contributed by atoms with Gasteiger partial charge in [0.2, 0.25) is 5.91 Å². The molecule has 0 saturated heterocycles. The second-order valence-corrected chi connectivity index (χ2v) is 4.92. The van der Waals surface area contributed by atoms with E-state index < -0.39 is 5.92 Å². The number of benzene rings is 2. The molecule has 0 fully saturated rings. The summed E-state index contributed by atoms with van der Waals surface area (Å²) in [6.45, 7) is 0.711. The van der Waals surface area contributed by atoms with Gasteiger partial charge in [-0.1, -0.05) is 54.6 Å². The fourth-order valence-electron chi connectivity index (χ4n) is 2.72. The topological polar surface area (TPSA) is 55.5 Å². The number of primary amides is 1. The molecule has 1 amide bonds. The van der Waals surface area contributed by atoms with E-state index in [4.69, 9.17) is 5.73 Å². The molecule has 0 saturated carbocycles. The number of carbonyl (C=O) groups excluding carboxylic acids is 1. The van der Waals surface area contributed by atoms with Crippen LogP contribution in [0.25, 0.3) is 0 Å². The summed E-state index contributed by atoms with van der Waals surface area (Å²) in [5.41, 5.74) is 9.62. The molecule has 2 aromatic rings. The first-order chi connectivity index (χ1) is 9.77. The lowest BCUT2D eigenvalue weighted by Gasteiger charge is -2.22. The van der Waals surface area contributed by atoms with E-state index in [1.165, 1.54) is 5.56 Å².